The van der Waals surface area contributed by atoms with Crippen molar-refractivity contribution < 1.29 is 6.22 Å². The number of carbonyl (C=O) groups is 1. The molecule has 1 heterocycles. The molecule has 1 aliphatic rings. The summed E-state index contributed by atoms with van der Waals surface area (Å²) in [6.45, 7) is 4.91. The summed E-state index contributed by atoms with van der Waals surface area (Å²) in [6, 6.07) is 0. The van der Waals surface area contributed by atoms with Gasteiger partial charge in [0.15, 0.2) is 0 Å². The summed E-state index contributed by atoms with van der Waals surface area (Å²) in [5, 5.41) is 2.89. The number of hydrogen-bond donors (Lipinski definition) is 1. The first-order valence-corrected chi connectivity index (χ1v) is 4.82. The van der Waals surface area contributed by atoms with E-state index >= 15 is 0 Å². The molecule has 0 spiro atoms. The van der Waals surface area contributed by atoms with E-state index in [1.165, 1.54) is 19.3 Å². The van der Waals surface area contributed by atoms with Gasteiger partial charge in [-0.1, -0.05) is 13.3 Å². The molecule has 12 heavy (non-hydrogen) atoms. The molecular formula is C9H20N2O. The molecular weight excluding hydrogens is 152 g/mol. The van der Waals surface area contributed by atoms with E-state index in [2.05, 4.69) is 10.2 Å². The van der Waals surface area contributed by atoms with E-state index in [0.29, 0.717) is 6.42 Å². The number of piperidine rings is 1. The van der Waals surface area contributed by atoms with E-state index in [9.17, 15) is 4.79 Å². The van der Waals surface area contributed by atoms with Crippen LogP contribution in [0.25, 0.3) is 0 Å². The second kappa shape index (κ2) is 5.14. The minimum atomic E-state index is 0. The van der Waals surface area contributed by atoms with Gasteiger partial charge in [0.05, 0.1) is 6.67 Å². The second-order valence-electron chi connectivity index (χ2n) is 3.29. The fourth-order valence-electron chi connectivity index (χ4n) is 1.44. The van der Waals surface area contributed by atoms with Crippen LogP contribution in [-0.4, -0.2) is 30.6 Å². The van der Waals surface area contributed by atoms with Gasteiger partial charge in [-0.05, 0) is 25.9 Å². The SMILES string of the molecule is CCC(=O)NCN1CCCCC1.[HH]. The lowest BCUT2D eigenvalue weighted by atomic mass is 10.1. The molecule has 0 unspecified atom stereocenters. The molecule has 1 saturated heterocycles. The Balaban J connectivity index is 0.00000144. The van der Waals surface area contributed by atoms with E-state index in [0.717, 1.165) is 19.8 Å². The molecule has 1 amide bonds. The standard InChI is InChI=1S/C9H18N2O.H2/c1-2-9(12)10-8-11-6-4-3-5-7-11;/h2-8H2,1H3,(H,10,12);1H. The Kier molecular flexibility index (Phi) is 4.08. The fourth-order valence-corrected chi connectivity index (χ4v) is 1.44. The van der Waals surface area contributed by atoms with Gasteiger partial charge in [0.1, 0.15) is 0 Å². The van der Waals surface area contributed by atoms with Crippen molar-refractivity contribution in [3.05, 3.63) is 0 Å². The van der Waals surface area contributed by atoms with Crippen LogP contribution in [0.4, 0.5) is 0 Å². The summed E-state index contributed by atoms with van der Waals surface area (Å²) in [5.74, 6) is 0.153. The molecule has 0 saturated carbocycles. The predicted molar refractivity (Wildman–Crippen MR) is 50.8 cm³/mol. The van der Waals surface area contributed by atoms with Crippen LogP contribution in [0.15, 0.2) is 0 Å². The van der Waals surface area contributed by atoms with Gasteiger partial charge in [0.2, 0.25) is 5.91 Å². The van der Waals surface area contributed by atoms with Crippen molar-refractivity contribution in [2.45, 2.75) is 32.6 Å². The zero-order chi connectivity index (χ0) is 8.81. The number of nitrogens with one attached hydrogen (secondary N) is 1. The topological polar surface area (TPSA) is 32.3 Å². The lowest BCUT2D eigenvalue weighted by Gasteiger charge is -2.26. The third-order valence-corrected chi connectivity index (χ3v) is 2.27. The van der Waals surface area contributed by atoms with Crippen LogP contribution >= 0.6 is 0 Å². The van der Waals surface area contributed by atoms with E-state index in [1.807, 2.05) is 6.92 Å². The number of rotatable bonds is 3. The van der Waals surface area contributed by atoms with Gasteiger partial charge >= 0.3 is 0 Å². The summed E-state index contributed by atoms with van der Waals surface area (Å²) in [5.41, 5.74) is 0. The van der Waals surface area contributed by atoms with E-state index in [-0.39, 0.29) is 7.33 Å². The smallest absolute Gasteiger partial charge is 0.220 e. The van der Waals surface area contributed by atoms with Crippen LogP contribution in [0.2, 0.25) is 0 Å². The molecule has 3 heteroatoms. The monoisotopic (exact) mass is 172 g/mol. The molecule has 0 aliphatic carbocycles. The average molecular weight is 172 g/mol. The number of amides is 1. The lowest BCUT2D eigenvalue weighted by Crippen LogP contribution is -2.40. The van der Waals surface area contributed by atoms with Crippen LogP contribution in [0.1, 0.15) is 34.0 Å². The molecule has 0 aromatic carbocycles. The van der Waals surface area contributed by atoms with Gasteiger partial charge in [-0.15, -0.1) is 0 Å². The molecule has 0 aromatic heterocycles. The van der Waals surface area contributed by atoms with Crippen molar-refractivity contribution in [3.8, 4) is 0 Å². The van der Waals surface area contributed by atoms with Gasteiger partial charge in [0.25, 0.3) is 0 Å². The normalized spacial score (nSPS) is 19.1. The fraction of sp³-hybridized carbons (Fsp3) is 0.889. The van der Waals surface area contributed by atoms with Crippen molar-refractivity contribution in [3.63, 3.8) is 0 Å². The van der Waals surface area contributed by atoms with E-state index < -0.39 is 0 Å². The second-order valence-corrected chi connectivity index (χ2v) is 3.29. The quantitative estimate of drug-likeness (QED) is 0.694. The number of hydrogen-bond acceptors (Lipinski definition) is 2. The molecule has 3 nitrogen and oxygen atoms in total. The molecule has 0 bridgehead atoms. The van der Waals surface area contributed by atoms with Gasteiger partial charge < -0.3 is 5.32 Å². The first-order valence-electron chi connectivity index (χ1n) is 4.82. The molecule has 0 atom stereocenters. The molecule has 1 rings (SSSR count). The predicted octanol–water partition coefficient (Wildman–Crippen LogP) is 1.20. The van der Waals surface area contributed by atoms with Gasteiger partial charge in [-0.3, -0.25) is 9.69 Å². The molecule has 1 N–H and O–H groups in total. The Morgan fingerprint density at radius 3 is 2.67 bits per heavy atom. The minimum absolute atomic E-state index is 0. The Hall–Kier alpha value is -0.570. The van der Waals surface area contributed by atoms with Crippen molar-refractivity contribution in [1.82, 2.24) is 10.2 Å². The van der Waals surface area contributed by atoms with Crippen molar-refractivity contribution >= 4 is 5.91 Å². The van der Waals surface area contributed by atoms with E-state index in [4.69, 9.17) is 0 Å². The van der Waals surface area contributed by atoms with Crippen molar-refractivity contribution in [2.24, 2.45) is 0 Å². The summed E-state index contributed by atoms with van der Waals surface area (Å²) in [4.78, 5) is 13.2. The van der Waals surface area contributed by atoms with Crippen LogP contribution in [0, 0.1) is 0 Å². The first-order chi connectivity index (χ1) is 5.83. The molecule has 72 valence electrons. The maximum Gasteiger partial charge on any atom is 0.220 e. The first kappa shape index (κ1) is 9.52. The number of carbonyl (C=O) groups excluding carboxylic acids is 1. The Morgan fingerprint density at radius 1 is 1.42 bits per heavy atom. The number of nitrogens with zero attached hydrogens (tertiary/aromatic N) is 1. The zero-order valence-corrected chi connectivity index (χ0v) is 7.81. The zero-order valence-electron chi connectivity index (χ0n) is 7.81. The average Bonchev–Trinajstić information content (AvgIpc) is 2.16. The minimum Gasteiger partial charge on any atom is -0.343 e. The van der Waals surface area contributed by atoms with Crippen LogP contribution < -0.4 is 5.32 Å². The van der Waals surface area contributed by atoms with Crippen LogP contribution in [0.3, 0.4) is 0 Å². The number of likely N-dealkylation sites (tertiary alicyclic amines) is 1. The van der Waals surface area contributed by atoms with Gasteiger partial charge in [-0.2, -0.15) is 0 Å². The molecule has 0 radical (unpaired) electrons. The van der Waals surface area contributed by atoms with Crippen LogP contribution in [0.5, 0.6) is 0 Å². The molecule has 1 fully saturated rings. The Labute approximate surface area is 75.6 Å². The Bertz CT molecular complexity index is 147. The highest BCUT2D eigenvalue weighted by Gasteiger charge is 2.09. The third kappa shape index (κ3) is 3.22. The van der Waals surface area contributed by atoms with Crippen molar-refractivity contribution in [2.75, 3.05) is 19.8 Å². The van der Waals surface area contributed by atoms with E-state index in [1.54, 1.807) is 0 Å². The highest BCUT2D eigenvalue weighted by Crippen LogP contribution is 2.06. The summed E-state index contributed by atoms with van der Waals surface area (Å²) in [6.07, 6.45) is 4.50. The summed E-state index contributed by atoms with van der Waals surface area (Å²) in [7, 11) is 0. The lowest BCUT2D eigenvalue weighted by molar-refractivity contribution is -0.121. The van der Waals surface area contributed by atoms with Crippen molar-refractivity contribution in [1.29, 1.82) is 0 Å². The highest BCUT2D eigenvalue weighted by molar-refractivity contribution is 5.75. The maximum absolute atomic E-state index is 10.9. The molecule has 1 aliphatic heterocycles. The molecule has 0 aromatic rings. The Morgan fingerprint density at radius 2 is 2.08 bits per heavy atom. The summed E-state index contributed by atoms with van der Waals surface area (Å²) < 4.78 is 0. The van der Waals surface area contributed by atoms with Gasteiger partial charge in [-0.25, -0.2) is 0 Å². The highest BCUT2D eigenvalue weighted by atomic mass is 16.1. The van der Waals surface area contributed by atoms with Crippen LogP contribution in [-0.2, 0) is 4.79 Å². The maximum atomic E-state index is 10.9. The summed E-state index contributed by atoms with van der Waals surface area (Å²) >= 11 is 0. The van der Waals surface area contributed by atoms with Gasteiger partial charge in [0, 0.05) is 7.85 Å². The largest absolute Gasteiger partial charge is 0.343 e. The third-order valence-electron chi connectivity index (χ3n) is 2.27.